The van der Waals surface area contributed by atoms with Crippen molar-refractivity contribution in [2.45, 2.75) is 45.3 Å². The highest BCUT2D eigenvalue weighted by atomic mass is 35.5. The van der Waals surface area contributed by atoms with Crippen molar-refractivity contribution in [2.75, 3.05) is 6.61 Å². The van der Waals surface area contributed by atoms with E-state index in [-0.39, 0.29) is 12.2 Å². The van der Waals surface area contributed by atoms with Gasteiger partial charge < -0.3 is 19.1 Å². The quantitative estimate of drug-likeness (QED) is 0.253. The number of carboxylic acids is 1. The van der Waals surface area contributed by atoms with Crippen molar-refractivity contribution in [1.82, 2.24) is 19.5 Å². The Labute approximate surface area is 224 Å². The first-order chi connectivity index (χ1) is 17.7. The molecule has 8 nitrogen and oxygen atoms in total. The number of benzene rings is 2. The first kappa shape index (κ1) is 25.3. The zero-order valence-electron chi connectivity index (χ0n) is 20.4. The fourth-order valence-corrected chi connectivity index (χ4v) is 4.42. The van der Waals surface area contributed by atoms with Crippen molar-refractivity contribution in [3.63, 3.8) is 0 Å². The Hall–Kier alpha value is -3.36. The highest BCUT2D eigenvalue weighted by Gasteiger charge is 2.41. The molecule has 0 amide bonds. The van der Waals surface area contributed by atoms with Crippen LogP contribution < -0.4 is 9.47 Å². The van der Waals surface area contributed by atoms with Gasteiger partial charge in [0.05, 0.1) is 24.1 Å². The minimum absolute atomic E-state index is 0.220. The van der Waals surface area contributed by atoms with E-state index in [1.807, 2.05) is 47.9 Å². The molecule has 0 radical (unpaired) electrons. The molecule has 10 heteroatoms. The molecule has 2 heterocycles. The molecule has 1 saturated carbocycles. The second-order valence-corrected chi connectivity index (χ2v) is 10.4. The van der Waals surface area contributed by atoms with Crippen LogP contribution in [0.5, 0.6) is 11.6 Å². The number of hydrogen-bond acceptors (Lipinski definition) is 6. The molecule has 0 saturated heterocycles. The van der Waals surface area contributed by atoms with E-state index in [0.29, 0.717) is 57.2 Å². The minimum atomic E-state index is -0.864. The van der Waals surface area contributed by atoms with Gasteiger partial charge in [0.1, 0.15) is 23.5 Å². The van der Waals surface area contributed by atoms with Crippen LogP contribution in [0.25, 0.3) is 22.6 Å². The first-order valence-electron chi connectivity index (χ1n) is 12.0. The van der Waals surface area contributed by atoms with Gasteiger partial charge in [0.15, 0.2) is 11.2 Å². The molecule has 0 spiro atoms. The predicted octanol–water partition coefficient (Wildman–Crippen LogP) is 6.27. The molecular formula is C27H26Cl2N4O4. The second kappa shape index (κ2) is 10.2. The highest BCUT2D eigenvalue weighted by Crippen LogP contribution is 2.42. The van der Waals surface area contributed by atoms with E-state index >= 15 is 0 Å². The number of carboxylic acid groups (broad SMARTS) is 1. The van der Waals surface area contributed by atoms with E-state index in [1.165, 1.54) is 6.33 Å². The van der Waals surface area contributed by atoms with Gasteiger partial charge in [-0.25, -0.2) is 9.97 Å². The molecule has 1 aliphatic carbocycles. The fourth-order valence-electron chi connectivity index (χ4n) is 3.94. The summed E-state index contributed by atoms with van der Waals surface area (Å²) in [5.41, 5.74) is 2.53. The third kappa shape index (κ3) is 5.50. The zero-order valence-corrected chi connectivity index (χ0v) is 22.0. The van der Waals surface area contributed by atoms with Gasteiger partial charge in [-0.05, 0) is 56.0 Å². The Bertz CT molecular complexity index is 1470. The molecule has 2 aromatic heterocycles. The number of hydrogen-bond donors (Lipinski definition) is 1. The number of ether oxygens (including phenoxy) is 2. The molecule has 37 heavy (non-hydrogen) atoms. The predicted molar refractivity (Wildman–Crippen MR) is 142 cm³/mol. The Morgan fingerprint density at radius 2 is 1.97 bits per heavy atom. The SMILES string of the molecule is C[C@H](CCOc1cccc(-c2nc3c(OC4(C)CC4)ncnc3n2Cc2cccc(Cl)c2)c1Cl)C(=O)O. The van der Waals surface area contributed by atoms with Crippen LogP contribution in [0.2, 0.25) is 10.0 Å². The summed E-state index contributed by atoms with van der Waals surface area (Å²) >= 11 is 13.1. The molecular weight excluding hydrogens is 515 g/mol. The number of fused-ring (bicyclic) bond motifs is 1. The summed E-state index contributed by atoms with van der Waals surface area (Å²) in [5.74, 6) is 0.0793. The molecule has 2 aromatic carbocycles. The van der Waals surface area contributed by atoms with E-state index in [0.717, 1.165) is 18.4 Å². The average molecular weight is 541 g/mol. The topological polar surface area (TPSA) is 99.4 Å². The van der Waals surface area contributed by atoms with E-state index < -0.39 is 11.9 Å². The standard InChI is InChI=1S/C27H26Cl2N4O4/c1-16(26(34)35)9-12-36-20-8-4-7-19(21(20)29)23-32-22-24(30-15-31-25(22)37-27(2)10-11-27)33(23)14-17-5-3-6-18(28)13-17/h3-8,13,15-16H,9-12,14H2,1-2H3,(H,34,35)/t16-/m1/s1. The lowest BCUT2D eigenvalue weighted by Crippen LogP contribution is -2.13. The largest absolute Gasteiger partial charge is 0.492 e. The normalized spacial score (nSPS) is 14.9. The van der Waals surface area contributed by atoms with Crippen LogP contribution in [-0.4, -0.2) is 42.8 Å². The van der Waals surface area contributed by atoms with Crippen LogP contribution in [0, 0.1) is 5.92 Å². The second-order valence-electron chi connectivity index (χ2n) is 9.55. The maximum atomic E-state index is 11.1. The summed E-state index contributed by atoms with van der Waals surface area (Å²) in [5, 5.41) is 10.1. The lowest BCUT2D eigenvalue weighted by Gasteiger charge is -2.14. The molecule has 1 atom stereocenters. The molecule has 192 valence electrons. The highest BCUT2D eigenvalue weighted by molar-refractivity contribution is 6.34. The molecule has 0 unspecified atom stereocenters. The summed E-state index contributed by atoms with van der Waals surface area (Å²) in [4.78, 5) is 25.0. The van der Waals surface area contributed by atoms with Crippen LogP contribution in [0.4, 0.5) is 0 Å². The van der Waals surface area contributed by atoms with Gasteiger partial charge >= 0.3 is 5.97 Å². The van der Waals surface area contributed by atoms with Crippen LogP contribution in [0.15, 0.2) is 48.8 Å². The van der Waals surface area contributed by atoms with E-state index in [4.69, 9.17) is 42.8 Å². The molecule has 0 bridgehead atoms. The first-order valence-corrected chi connectivity index (χ1v) is 12.8. The molecule has 1 N–H and O–H groups in total. The number of aliphatic carboxylic acids is 1. The number of halogens is 2. The van der Waals surface area contributed by atoms with Gasteiger partial charge in [-0.1, -0.05) is 48.3 Å². The maximum Gasteiger partial charge on any atom is 0.306 e. The van der Waals surface area contributed by atoms with Crippen molar-refractivity contribution >= 4 is 40.3 Å². The smallest absolute Gasteiger partial charge is 0.306 e. The number of rotatable bonds is 10. The van der Waals surface area contributed by atoms with Crippen LogP contribution in [-0.2, 0) is 11.3 Å². The molecule has 5 rings (SSSR count). The summed E-state index contributed by atoms with van der Waals surface area (Å²) < 4.78 is 14.0. The fraction of sp³-hybridized carbons (Fsp3) is 0.333. The minimum Gasteiger partial charge on any atom is -0.492 e. The number of nitrogens with zero attached hydrogens (tertiary/aromatic N) is 4. The maximum absolute atomic E-state index is 11.1. The number of aromatic nitrogens is 4. The van der Waals surface area contributed by atoms with E-state index in [1.54, 1.807) is 13.0 Å². The Kier molecular flexibility index (Phi) is 6.96. The van der Waals surface area contributed by atoms with Crippen LogP contribution in [0.1, 0.15) is 38.7 Å². The lowest BCUT2D eigenvalue weighted by atomic mass is 10.1. The summed E-state index contributed by atoms with van der Waals surface area (Å²) in [6, 6.07) is 13.0. The Morgan fingerprint density at radius 1 is 1.19 bits per heavy atom. The van der Waals surface area contributed by atoms with E-state index in [2.05, 4.69) is 9.97 Å². The number of imidazole rings is 1. The zero-order chi connectivity index (χ0) is 26.2. The van der Waals surface area contributed by atoms with Gasteiger partial charge in [0.2, 0.25) is 5.88 Å². The van der Waals surface area contributed by atoms with Crippen molar-refractivity contribution < 1.29 is 19.4 Å². The summed E-state index contributed by atoms with van der Waals surface area (Å²) in [7, 11) is 0. The third-order valence-electron chi connectivity index (χ3n) is 6.46. The number of carbonyl (C=O) groups is 1. The Morgan fingerprint density at radius 3 is 2.70 bits per heavy atom. The molecule has 0 aliphatic heterocycles. The van der Waals surface area contributed by atoms with Gasteiger partial charge in [-0.3, -0.25) is 4.79 Å². The Balaban J connectivity index is 1.57. The average Bonchev–Trinajstić information content (AvgIpc) is 3.48. The molecule has 1 fully saturated rings. The van der Waals surface area contributed by atoms with E-state index in [9.17, 15) is 4.79 Å². The van der Waals surface area contributed by atoms with Crippen molar-refractivity contribution in [3.05, 3.63) is 64.4 Å². The van der Waals surface area contributed by atoms with Crippen LogP contribution >= 0.6 is 23.2 Å². The van der Waals surface area contributed by atoms with Gasteiger partial charge in [-0.15, -0.1) is 0 Å². The van der Waals surface area contributed by atoms with Crippen molar-refractivity contribution in [2.24, 2.45) is 5.92 Å². The van der Waals surface area contributed by atoms with Gasteiger partial charge in [-0.2, -0.15) is 4.98 Å². The molecule has 1 aliphatic rings. The third-order valence-corrected chi connectivity index (χ3v) is 7.08. The van der Waals surface area contributed by atoms with Gasteiger partial charge in [0, 0.05) is 10.6 Å². The summed E-state index contributed by atoms with van der Waals surface area (Å²) in [6.07, 6.45) is 3.76. The monoisotopic (exact) mass is 540 g/mol. The van der Waals surface area contributed by atoms with Crippen molar-refractivity contribution in [3.8, 4) is 23.0 Å². The lowest BCUT2D eigenvalue weighted by molar-refractivity contribution is -0.141. The molecule has 4 aromatic rings. The van der Waals surface area contributed by atoms with Gasteiger partial charge in [0.25, 0.3) is 0 Å². The van der Waals surface area contributed by atoms with Crippen LogP contribution in [0.3, 0.4) is 0 Å². The van der Waals surface area contributed by atoms with Crippen molar-refractivity contribution in [1.29, 1.82) is 0 Å². The summed E-state index contributed by atoms with van der Waals surface area (Å²) in [6.45, 7) is 4.35.